The van der Waals surface area contributed by atoms with Crippen LogP contribution >= 0.6 is 0 Å². The fraction of sp³-hybridized carbons (Fsp3) is 0.296. The van der Waals surface area contributed by atoms with Crippen LogP contribution in [-0.4, -0.2) is 48.0 Å². The van der Waals surface area contributed by atoms with Gasteiger partial charge in [-0.3, -0.25) is 4.79 Å². The number of carbonyl (C=O) groups is 1. The number of ether oxygens (including phenoxy) is 3. The molecular formula is C27H30N4O4. The molecule has 8 heteroatoms. The van der Waals surface area contributed by atoms with Crippen LogP contribution in [0.15, 0.2) is 48.5 Å². The molecule has 0 aliphatic rings. The highest BCUT2D eigenvalue weighted by Crippen LogP contribution is 2.27. The molecule has 0 radical (unpaired) electrons. The summed E-state index contributed by atoms with van der Waals surface area (Å²) in [7, 11) is 3.23. The van der Waals surface area contributed by atoms with E-state index in [1.807, 2.05) is 74.0 Å². The average Bonchev–Trinajstić information content (AvgIpc) is 3.20. The predicted molar refractivity (Wildman–Crippen MR) is 135 cm³/mol. The summed E-state index contributed by atoms with van der Waals surface area (Å²) >= 11 is 0. The van der Waals surface area contributed by atoms with E-state index in [2.05, 4.69) is 15.4 Å². The summed E-state index contributed by atoms with van der Waals surface area (Å²) in [5.74, 6) is 1.61. The average molecular weight is 475 g/mol. The topological polar surface area (TPSA) is 87.5 Å². The van der Waals surface area contributed by atoms with Crippen LogP contribution in [-0.2, 0) is 11.2 Å². The van der Waals surface area contributed by atoms with E-state index in [1.54, 1.807) is 14.2 Å². The zero-order valence-electron chi connectivity index (χ0n) is 20.7. The van der Waals surface area contributed by atoms with E-state index in [0.29, 0.717) is 24.5 Å². The van der Waals surface area contributed by atoms with Crippen molar-refractivity contribution < 1.29 is 19.0 Å². The molecule has 0 aliphatic heterocycles. The van der Waals surface area contributed by atoms with E-state index in [9.17, 15) is 4.79 Å². The first-order valence-electron chi connectivity index (χ1n) is 11.4. The lowest BCUT2D eigenvalue weighted by Gasteiger charge is -2.11. The van der Waals surface area contributed by atoms with Gasteiger partial charge >= 0.3 is 0 Å². The van der Waals surface area contributed by atoms with Gasteiger partial charge in [-0.25, -0.2) is 4.68 Å². The van der Waals surface area contributed by atoms with Gasteiger partial charge in [-0.2, -0.15) is 10.1 Å². The zero-order valence-corrected chi connectivity index (χ0v) is 20.7. The Morgan fingerprint density at radius 3 is 2.49 bits per heavy atom. The molecule has 1 N–H and O–H groups in total. The van der Waals surface area contributed by atoms with Crippen LogP contribution in [0.25, 0.3) is 16.7 Å². The van der Waals surface area contributed by atoms with Crippen LogP contribution in [0.4, 0.5) is 0 Å². The number of methoxy groups -OCH3 is 2. The second-order valence-electron chi connectivity index (χ2n) is 8.38. The normalized spacial score (nSPS) is 10.9. The molecule has 0 atom stereocenters. The van der Waals surface area contributed by atoms with Crippen molar-refractivity contribution in [1.29, 1.82) is 0 Å². The van der Waals surface area contributed by atoms with Gasteiger partial charge in [0.25, 0.3) is 5.91 Å². The predicted octanol–water partition coefficient (Wildman–Crippen LogP) is 4.10. The quantitative estimate of drug-likeness (QED) is 0.393. The van der Waals surface area contributed by atoms with Crippen molar-refractivity contribution in [1.82, 2.24) is 20.1 Å². The molecule has 2 aromatic carbocycles. The Kier molecular flexibility index (Phi) is 7.19. The van der Waals surface area contributed by atoms with Gasteiger partial charge in [0.15, 0.2) is 12.3 Å². The van der Waals surface area contributed by atoms with Crippen LogP contribution < -0.4 is 19.5 Å². The molecule has 0 aliphatic carbocycles. The molecule has 4 rings (SSSR count). The number of aromatic nitrogens is 3. The smallest absolute Gasteiger partial charge is 0.258 e. The van der Waals surface area contributed by atoms with Gasteiger partial charge in [0.05, 0.1) is 25.6 Å². The summed E-state index contributed by atoms with van der Waals surface area (Å²) in [4.78, 5) is 17.1. The van der Waals surface area contributed by atoms with E-state index in [1.165, 1.54) is 5.56 Å². The fourth-order valence-electron chi connectivity index (χ4n) is 4.00. The van der Waals surface area contributed by atoms with Gasteiger partial charge in [-0.1, -0.05) is 23.8 Å². The summed E-state index contributed by atoms with van der Waals surface area (Å²) in [6.45, 7) is 6.33. The Labute approximate surface area is 204 Å². The van der Waals surface area contributed by atoms with Crippen molar-refractivity contribution >= 4 is 16.9 Å². The molecular weight excluding hydrogens is 444 g/mol. The Bertz CT molecular complexity index is 1350. The molecule has 0 bridgehead atoms. The third kappa shape index (κ3) is 5.37. The van der Waals surface area contributed by atoms with Gasteiger partial charge in [-0.15, -0.1) is 0 Å². The highest BCUT2D eigenvalue weighted by molar-refractivity contribution is 5.84. The number of aryl methyl sites for hydroxylation is 3. The molecule has 35 heavy (non-hydrogen) atoms. The largest absolute Gasteiger partial charge is 0.497 e. The molecule has 0 unspecified atom stereocenters. The molecule has 2 heterocycles. The van der Waals surface area contributed by atoms with Gasteiger partial charge in [-0.05, 0) is 56.5 Å². The highest BCUT2D eigenvalue weighted by atomic mass is 16.5. The maximum Gasteiger partial charge on any atom is 0.258 e. The summed E-state index contributed by atoms with van der Waals surface area (Å²) in [6.07, 6.45) is 0.622. The summed E-state index contributed by atoms with van der Waals surface area (Å²) in [6, 6.07) is 15.6. The van der Waals surface area contributed by atoms with Crippen LogP contribution in [0.2, 0.25) is 0 Å². The maximum absolute atomic E-state index is 12.4. The van der Waals surface area contributed by atoms with Crippen LogP contribution in [0, 0.1) is 20.8 Å². The number of hydrogen-bond acceptors (Lipinski definition) is 6. The van der Waals surface area contributed by atoms with Gasteiger partial charge < -0.3 is 19.5 Å². The van der Waals surface area contributed by atoms with Crippen molar-refractivity contribution in [2.45, 2.75) is 27.2 Å². The van der Waals surface area contributed by atoms with Crippen molar-refractivity contribution in [2.24, 2.45) is 0 Å². The van der Waals surface area contributed by atoms with Crippen molar-refractivity contribution in [2.75, 3.05) is 27.4 Å². The molecule has 2 aromatic heterocycles. The van der Waals surface area contributed by atoms with Crippen molar-refractivity contribution in [3.8, 4) is 23.1 Å². The molecule has 0 fully saturated rings. The Morgan fingerprint density at radius 1 is 1.00 bits per heavy atom. The van der Waals surface area contributed by atoms with Crippen molar-refractivity contribution in [3.63, 3.8) is 0 Å². The minimum absolute atomic E-state index is 0.130. The molecule has 182 valence electrons. The molecule has 4 aromatic rings. The number of carbonyl (C=O) groups excluding carboxylic acids is 1. The lowest BCUT2D eigenvalue weighted by Crippen LogP contribution is -2.30. The van der Waals surface area contributed by atoms with E-state index in [4.69, 9.17) is 14.2 Å². The summed E-state index contributed by atoms with van der Waals surface area (Å²) < 4.78 is 18.2. The maximum atomic E-state index is 12.4. The third-order valence-corrected chi connectivity index (χ3v) is 5.83. The molecule has 0 saturated heterocycles. The number of nitrogens with zero attached hydrogens (tertiary/aromatic N) is 3. The van der Waals surface area contributed by atoms with E-state index < -0.39 is 0 Å². The van der Waals surface area contributed by atoms with Crippen LogP contribution in [0.3, 0.4) is 0 Å². The molecule has 0 spiro atoms. The second-order valence-corrected chi connectivity index (χ2v) is 8.38. The Balaban J connectivity index is 1.41. The number of fused-ring (bicyclic) bond motifs is 1. The number of amides is 1. The first-order chi connectivity index (χ1) is 16.9. The Morgan fingerprint density at radius 2 is 1.77 bits per heavy atom. The standard InChI is InChI=1S/C27H30N4O4/c1-17-6-9-21(10-7-17)31-27-26(19(3)30-31)18(2)14-25(29-27)35-16-24(32)28-13-12-20-8-11-22(33-4)15-23(20)34-5/h6-11,14-15H,12-13,16H2,1-5H3,(H,28,32). The minimum atomic E-state index is -0.222. The number of pyridine rings is 1. The van der Waals surface area contributed by atoms with Crippen LogP contribution in [0.1, 0.15) is 22.4 Å². The highest BCUT2D eigenvalue weighted by Gasteiger charge is 2.15. The zero-order chi connectivity index (χ0) is 24.9. The monoisotopic (exact) mass is 474 g/mol. The van der Waals surface area contributed by atoms with Gasteiger partial charge in [0.2, 0.25) is 5.88 Å². The number of nitrogens with one attached hydrogen (secondary N) is 1. The lowest BCUT2D eigenvalue weighted by molar-refractivity contribution is -0.123. The lowest BCUT2D eigenvalue weighted by atomic mass is 10.1. The van der Waals surface area contributed by atoms with E-state index >= 15 is 0 Å². The second kappa shape index (κ2) is 10.5. The van der Waals surface area contributed by atoms with Gasteiger partial charge in [0.1, 0.15) is 11.5 Å². The molecule has 1 amide bonds. The number of benzene rings is 2. The van der Waals surface area contributed by atoms with Gasteiger partial charge in [0, 0.05) is 24.1 Å². The minimum Gasteiger partial charge on any atom is -0.497 e. The molecule has 8 nitrogen and oxygen atoms in total. The molecule has 0 saturated carbocycles. The SMILES string of the molecule is COc1ccc(CCNC(=O)COc2cc(C)c3c(C)nn(-c4ccc(C)cc4)c3n2)c(OC)c1. The fourth-order valence-corrected chi connectivity index (χ4v) is 4.00. The van der Waals surface area contributed by atoms with Crippen molar-refractivity contribution in [3.05, 3.63) is 70.9 Å². The number of hydrogen-bond donors (Lipinski definition) is 1. The van der Waals surface area contributed by atoms with E-state index in [-0.39, 0.29) is 12.5 Å². The first-order valence-corrected chi connectivity index (χ1v) is 11.4. The Hall–Kier alpha value is -4.07. The van der Waals surface area contributed by atoms with Crippen LogP contribution in [0.5, 0.6) is 17.4 Å². The van der Waals surface area contributed by atoms with E-state index in [0.717, 1.165) is 39.4 Å². The third-order valence-electron chi connectivity index (χ3n) is 5.83. The number of rotatable bonds is 9. The summed E-state index contributed by atoms with van der Waals surface area (Å²) in [5, 5.41) is 8.55. The summed E-state index contributed by atoms with van der Waals surface area (Å²) in [5.41, 5.74) is 5.66. The first kappa shape index (κ1) is 24.1.